The second kappa shape index (κ2) is 36.2. The quantitative estimate of drug-likeness (QED) is 0.00310. The molecular weight excluding hydrogens is 1420 g/mol. The molecule has 0 unspecified atom stereocenters. The summed E-state index contributed by atoms with van der Waals surface area (Å²) in [6.45, 7) is 20.3. The predicted molar refractivity (Wildman–Crippen MR) is 389 cm³/mol. The molecule has 0 fully saturated rings. The van der Waals surface area contributed by atoms with Gasteiger partial charge in [-0.2, -0.15) is 33.7 Å². The van der Waals surface area contributed by atoms with Crippen LogP contribution in [-0.2, 0) is 50.5 Å². The lowest BCUT2D eigenvalue weighted by Gasteiger charge is -2.25. The number of thioether (sulfide) groups is 1. The average Bonchev–Trinajstić information content (AvgIpc) is 1.53. The molecule has 0 atom stereocenters. The lowest BCUT2D eigenvalue weighted by atomic mass is 10.1. The highest BCUT2D eigenvalue weighted by molar-refractivity contribution is 7.98. The molecule has 8 rings (SSSR count). The Morgan fingerprint density at radius 1 is 0.706 bits per heavy atom. The van der Waals surface area contributed by atoms with Gasteiger partial charge in [-0.05, 0) is 114 Å². The van der Waals surface area contributed by atoms with Crippen molar-refractivity contribution in [3.63, 3.8) is 0 Å². The maximum Gasteiger partial charge on any atom is 0.425 e. The number of thiophene rings is 2. The Balaban J connectivity index is 0.00000355. The third kappa shape index (κ3) is 20.6. The van der Waals surface area contributed by atoms with Crippen molar-refractivity contribution in [3.05, 3.63) is 158 Å². The van der Waals surface area contributed by atoms with Crippen molar-refractivity contribution in [1.29, 1.82) is 5.26 Å². The minimum atomic E-state index is -5.28. The zero-order chi connectivity index (χ0) is 74.4. The number of Topliss-reactive ketones (excluding diaryl/α,β-unsaturated/α-hetero) is 2. The second-order valence-corrected chi connectivity index (χ2v) is 25.6. The fourth-order valence-corrected chi connectivity index (χ4v) is 13.3. The lowest BCUT2D eigenvalue weighted by molar-refractivity contribution is -0.120. The first kappa shape index (κ1) is 77.4. The standard InChI is InChI=1S/C66H63N17O11S4.O3S/c1-10-82(11-2)53-30-48(50(32-55(53)93-8)78-80-62-47(34-67)58(98(90,91)92)57(97-62)29-46(38(6)86)61(89)71-42-23-17-21-40(25-42)59(68)87)73-64-75-65(77-66(76-64)95-35-39-19-15-14-16-20-39)74-49-31-54(83(12-3)13-4)56(94-9)33-51(49)79-81-63-52(69-7)28-44(96-63)27-45(37(5)85)60(88)72-43-24-18-22-41(26-43)70-36-84;1-4(2)3/h14-33,36H,10-13,35H2,1-6,8-9H3,(H2,68,87)(H,70,84)(H,71,89)(H,72,88)(H,90,91,92)(H2,73,74,75,76,77);/b45-27+,46-29-,80-78?,81-79?;. The molecule has 4 amide bonds. The van der Waals surface area contributed by atoms with Gasteiger partial charge in [-0.3, -0.25) is 33.3 Å². The summed E-state index contributed by atoms with van der Waals surface area (Å²) in [5.74, 6) is -2.85. The van der Waals surface area contributed by atoms with Gasteiger partial charge in [0.15, 0.2) is 21.7 Å². The van der Waals surface area contributed by atoms with Gasteiger partial charge in [0.2, 0.25) is 29.9 Å². The van der Waals surface area contributed by atoms with Crippen molar-refractivity contribution < 1.29 is 63.8 Å². The molecule has 0 saturated heterocycles. The van der Waals surface area contributed by atoms with Gasteiger partial charge in [0.1, 0.15) is 44.4 Å². The van der Waals surface area contributed by atoms with Crippen LogP contribution in [-0.4, -0.2) is 117 Å². The molecule has 0 spiro atoms. The first-order valence-electron chi connectivity index (χ1n) is 30.1. The van der Waals surface area contributed by atoms with E-state index in [2.05, 4.69) is 51.9 Å². The summed E-state index contributed by atoms with van der Waals surface area (Å²) in [5, 5.41) is 42.9. The molecule has 0 bridgehead atoms. The molecule has 526 valence electrons. The number of ketones is 2. The molecule has 0 radical (unpaired) electrons. The molecule has 3 heterocycles. The average molecular weight is 1480 g/mol. The van der Waals surface area contributed by atoms with E-state index in [1.807, 2.05) is 67.8 Å². The molecule has 0 saturated carbocycles. The number of amides is 4. The van der Waals surface area contributed by atoms with Crippen LogP contribution in [0.1, 0.15) is 72.8 Å². The van der Waals surface area contributed by atoms with Gasteiger partial charge in [-0.15, -0.1) is 50.6 Å². The monoisotopic (exact) mass is 1480 g/mol. The number of ether oxygens (including phenoxy) is 2. The Labute approximate surface area is 598 Å². The molecule has 102 heavy (non-hydrogen) atoms. The van der Waals surface area contributed by atoms with E-state index >= 15 is 0 Å². The minimum absolute atomic E-state index is 0.00800. The molecule has 0 aliphatic rings. The first-order valence-corrected chi connectivity index (χ1v) is 35.2. The Kier molecular flexibility index (Phi) is 27.5. The maximum atomic E-state index is 13.7. The normalized spacial score (nSPS) is 11.3. The Bertz CT molecular complexity index is 4980. The molecule has 0 aliphatic carbocycles. The van der Waals surface area contributed by atoms with E-state index in [1.165, 1.54) is 81.4 Å². The van der Waals surface area contributed by atoms with Gasteiger partial charge in [-0.1, -0.05) is 54.2 Å². The summed E-state index contributed by atoms with van der Waals surface area (Å²) >= 11 is 2.81. The van der Waals surface area contributed by atoms with E-state index in [-0.39, 0.29) is 66.6 Å². The summed E-state index contributed by atoms with van der Waals surface area (Å²) in [4.78, 5) is 97.4. The number of carbonyl (C=O) groups is 6. The topological polar surface area (TPSA) is 435 Å². The molecular formula is C66H63N17O14S5. The fourth-order valence-electron chi connectivity index (χ4n) is 9.51. The minimum Gasteiger partial charge on any atom is -0.494 e. The number of anilines is 9. The van der Waals surface area contributed by atoms with Gasteiger partial charge in [0, 0.05) is 71.6 Å². The van der Waals surface area contributed by atoms with Crippen LogP contribution in [0.2, 0.25) is 0 Å². The fraction of sp³-hybridized carbons (Fsp3) is 0.197. The number of aromatic nitrogens is 3. The van der Waals surface area contributed by atoms with Crippen molar-refractivity contribution in [2.45, 2.75) is 57.3 Å². The molecule has 3 aromatic heterocycles. The number of nitriles is 1. The maximum absolute atomic E-state index is 13.7. The third-order valence-electron chi connectivity index (χ3n) is 14.3. The van der Waals surface area contributed by atoms with E-state index < -0.39 is 70.9 Å². The summed E-state index contributed by atoms with van der Waals surface area (Å²) in [5.41, 5.74) is 7.76. The van der Waals surface area contributed by atoms with Crippen molar-refractivity contribution in [1.82, 2.24) is 15.0 Å². The summed E-state index contributed by atoms with van der Waals surface area (Å²) in [6, 6.07) is 31.4. The van der Waals surface area contributed by atoms with E-state index in [1.54, 1.807) is 42.5 Å². The molecule has 5 aromatic carbocycles. The van der Waals surface area contributed by atoms with Gasteiger partial charge < -0.3 is 51.6 Å². The van der Waals surface area contributed by atoms with Gasteiger partial charge in [-0.25, -0.2) is 4.85 Å². The predicted octanol–water partition coefficient (Wildman–Crippen LogP) is 12.9. The number of primary amides is 1. The van der Waals surface area contributed by atoms with Crippen LogP contribution in [0.3, 0.4) is 0 Å². The zero-order valence-corrected chi connectivity index (χ0v) is 59.5. The summed E-state index contributed by atoms with van der Waals surface area (Å²) in [7, 11) is -5.43. The molecule has 8 N–H and O–H groups in total. The van der Waals surface area contributed by atoms with Crippen LogP contribution in [0.25, 0.3) is 17.0 Å². The Morgan fingerprint density at radius 2 is 1.22 bits per heavy atom. The van der Waals surface area contributed by atoms with E-state index in [4.69, 9.17) is 49.4 Å². The number of hydrogen-bond donors (Lipinski definition) is 7. The largest absolute Gasteiger partial charge is 0.494 e. The van der Waals surface area contributed by atoms with Gasteiger partial charge in [0.25, 0.3) is 21.9 Å². The number of rotatable bonds is 31. The summed E-state index contributed by atoms with van der Waals surface area (Å²) in [6.07, 6.45) is 2.73. The number of nitrogens with two attached hydrogens (primary N) is 1. The van der Waals surface area contributed by atoms with E-state index in [0.717, 1.165) is 29.9 Å². The van der Waals surface area contributed by atoms with Crippen molar-refractivity contribution in [2.75, 3.05) is 76.8 Å². The highest BCUT2D eigenvalue weighted by atomic mass is 32.2. The number of benzene rings is 5. The van der Waals surface area contributed by atoms with Crippen LogP contribution in [0.4, 0.5) is 78.8 Å². The number of nitrogens with one attached hydrogen (secondary N) is 5. The SMILES string of the molecule is O=S(=O)=O.[C-]#[N+]c1cc(/C=C(\C(C)=O)C(=O)Nc2cccc(NC=O)c2)sc1N=Nc1cc(OC)c(N(CC)CC)cc1Nc1nc(Nc2cc(N(CC)CC)c(OC)cc2N=Nc2sc(/C=C(/C(C)=O)C(=O)Nc3cccc(C(N)=O)c3)c(S(=O)(=O)O)c2C#N)nc(SCc2ccccc2)n1. The van der Waals surface area contributed by atoms with Crippen LogP contribution >= 0.6 is 34.4 Å². The number of hydrogen-bond acceptors (Lipinski definition) is 28. The van der Waals surface area contributed by atoms with Gasteiger partial charge in [0.05, 0.1) is 59.6 Å². The molecule has 36 heteroatoms. The molecule has 0 aliphatic heterocycles. The second-order valence-electron chi connectivity index (χ2n) is 20.8. The summed E-state index contributed by atoms with van der Waals surface area (Å²) < 4.78 is 74.1. The third-order valence-corrected chi connectivity index (χ3v) is 18.2. The number of nitrogens with zero attached hydrogens (tertiary/aromatic N) is 11. The van der Waals surface area contributed by atoms with Crippen LogP contribution in [0, 0.1) is 17.9 Å². The van der Waals surface area contributed by atoms with Crippen LogP contribution in [0.15, 0.2) is 151 Å². The van der Waals surface area contributed by atoms with E-state index in [9.17, 15) is 47.0 Å². The lowest BCUT2D eigenvalue weighted by Crippen LogP contribution is -2.22. The highest BCUT2D eigenvalue weighted by Crippen LogP contribution is 2.46. The first-order chi connectivity index (χ1) is 48.8. The number of carbonyl (C=O) groups excluding carboxylic acids is 6. The van der Waals surface area contributed by atoms with Crippen LogP contribution in [0.5, 0.6) is 11.5 Å². The Hall–Kier alpha value is -11.9. The van der Waals surface area contributed by atoms with E-state index in [0.29, 0.717) is 94.5 Å². The van der Waals surface area contributed by atoms with Crippen molar-refractivity contribution in [2.24, 2.45) is 26.2 Å². The number of azo groups is 2. The highest BCUT2D eigenvalue weighted by Gasteiger charge is 2.30. The smallest absolute Gasteiger partial charge is 0.425 e. The van der Waals surface area contributed by atoms with Crippen molar-refractivity contribution in [3.8, 4) is 17.6 Å². The zero-order valence-electron chi connectivity index (χ0n) is 55.5. The molecule has 8 aromatic rings. The van der Waals surface area contributed by atoms with Crippen molar-refractivity contribution >= 4 is 182 Å². The van der Waals surface area contributed by atoms with Gasteiger partial charge >= 0.3 is 10.6 Å². The van der Waals surface area contributed by atoms with Crippen LogP contribution < -0.4 is 51.6 Å². The Morgan fingerprint density at radius 3 is 1.70 bits per heavy atom. The molecule has 31 nitrogen and oxygen atoms in total. The number of methoxy groups -OCH3 is 2.